The van der Waals surface area contributed by atoms with Crippen molar-refractivity contribution in [1.29, 1.82) is 5.26 Å². The fourth-order valence-corrected chi connectivity index (χ4v) is 2.95. The molecule has 0 unspecified atom stereocenters. The molecular weight excluding hydrogens is 326 g/mol. The van der Waals surface area contributed by atoms with Crippen LogP contribution in [0.3, 0.4) is 0 Å². The molecule has 24 heavy (non-hydrogen) atoms. The number of likely N-dealkylation sites (tertiary alicyclic amines) is 1. The molecule has 7 heteroatoms. The predicted octanol–water partition coefficient (Wildman–Crippen LogP) is 2.72. The summed E-state index contributed by atoms with van der Waals surface area (Å²) in [6.07, 6.45) is 6.24. The monoisotopic (exact) mass is 341 g/mol. The minimum absolute atomic E-state index is 0.0806. The Hall–Kier alpha value is -2.65. The number of rotatable bonds is 3. The highest BCUT2D eigenvalue weighted by molar-refractivity contribution is 6.32. The number of aromatic nitrogens is 2. The molecule has 6 nitrogen and oxygen atoms in total. The minimum atomic E-state index is -0.0806. The van der Waals surface area contributed by atoms with Gasteiger partial charge in [-0.15, -0.1) is 0 Å². The molecule has 1 N–H and O–H groups in total. The van der Waals surface area contributed by atoms with Crippen LogP contribution in [0.15, 0.2) is 36.8 Å². The molecular formula is C17H16ClN5O. The summed E-state index contributed by atoms with van der Waals surface area (Å²) in [5.74, 6) is -0.0806. The highest BCUT2D eigenvalue weighted by atomic mass is 35.5. The van der Waals surface area contributed by atoms with Crippen LogP contribution in [0.25, 0.3) is 0 Å². The van der Waals surface area contributed by atoms with Crippen LogP contribution in [0.2, 0.25) is 5.02 Å². The van der Waals surface area contributed by atoms with Gasteiger partial charge in [-0.25, -0.2) is 4.98 Å². The number of carbonyl (C=O) groups excluding carboxylic acids is 1. The molecule has 1 aliphatic rings. The average Bonchev–Trinajstić information content (AvgIpc) is 2.63. The fourth-order valence-electron chi connectivity index (χ4n) is 2.73. The Labute approximate surface area is 145 Å². The highest BCUT2D eigenvalue weighted by Crippen LogP contribution is 2.23. The first-order chi connectivity index (χ1) is 11.7. The molecule has 3 rings (SSSR count). The lowest BCUT2D eigenvalue weighted by Crippen LogP contribution is -2.42. The standard InChI is InChI=1S/C17H16ClN5O/c18-15-9-14(2-1-12(15)10-19)22-13-3-7-23(8-4-13)17(24)16-11-20-5-6-21-16/h1-2,5-6,9,11,13,22H,3-4,7-8H2. The van der Waals surface area contributed by atoms with Gasteiger partial charge in [0.05, 0.1) is 16.8 Å². The number of piperidine rings is 1. The maximum Gasteiger partial charge on any atom is 0.274 e. The van der Waals surface area contributed by atoms with E-state index in [2.05, 4.69) is 15.3 Å². The van der Waals surface area contributed by atoms with Crippen molar-refractivity contribution in [3.05, 3.63) is 53.1 Å². The quantitative estimate of drug-likeness (QED) is 0.928. The molecule has 0 radical (unpaired) electrons. The fraction of sp³-hybridized carbons (Fsp3) is 0.294. The minimum Gasteiger partial charge on any atom is -0.382 e. The van der Waals surface area contributed by atoms with E-state index in [9.17, 15) is 4.79 Å². The summed E-state index contributed by atoms with van der Waals surface area (Å²) in [5, 5.41) is 12.8. The van der Waals surface area contributed by atoms with E-state index < -0.39 is 0 Å². The lowest BCUT2D eigenvalue weighted by molar-refractivity contribution is 0.0712. The van der Waals surface area contributed by atoms with Gasteiger partial charge in [0.25, 0.3) is 5.91 Å². The lowest BCUT2D eigenvalue weighted by atomic mass is 10.0. The topological polar surface area (TPSA) is 81.9 Å². The number of benzene rings is 1. The average molecular weight is 342 g/mol. The second-order valence-corrected chi connectivity index (χ2v) is 6.02. The summed E-state index contributed by atoms with van der Waals surface area (Å²) in [7, 11) is 0. The molecule has 0 saturated carbocycles. The van der Waals surface area contributed by atoms with Crippen LogP contribution >= 0.6 is 11.6 Å². The largest absolute Gasteiger partial charge is 0.382 e. The van der Waals surface area contributed by atoms with Crippen LogP contribution in [0.4, 0.5) is 5.69 Å². The Kier molecular flexibility index (Phi) is 4.92. The van der Waals surface area contributed by atoms with E-state index in [0.29, 0.717) is 29.4 Å². The zero-order valence-electron chi connectivity index (χ0n) is 12.9. The third-order valence-corrected chi connectivity index (χ3v) is 4.34. The summed E-state index contributed by atoms with van der Waals surface area (Å²) >= 11 is 6.05. The van der Waals surface area contributed by atoms with E-state index in [1.807, 2.05) is 12.1 Å². The van der Waals surface area contributed by atoms with Gasteiger partial charge < -0.3 is 10.2 Å². The SMILES string of the molecule is N#Cc1ccc(NC2CCN(C(=O)c3cnccn3)CC2)cc1Cl. The van der Waals surface area contributed by atoms with Crippen LogP contribution in [0, 0.1) is 11.3 Å². The molecule has 0 atom stereocenters. The number of nitrogens with one attached hydrogen (secondary N) is 1. The molecule has 122 valence electrons. The van der Waals surface area contributed by atoms with Gasteiger partial charge in [0.2, 0.25) is 0 Å². The van der Waals surface area contributed by atoms with Crippen LogP contribution < -0.4 is 5.32 Å². The number of nitriles is 1. The van der Waals surface area contributed by atoms with Crippen LogP contribution in [-0.4, -0.2) is 39.9 Å². The molecule has 1 saturated heterocycles. The molecule has 2 aromatic rings. The molecule has 1 fully saturated rings. The first kappa shape index (κ1) is 16.2. The van der Waals surface area contributed by atoms with E-state index >= 15 is 0 Å². The third-order valence-electron chi connectivity index (χ3n) is 4.02. The van der Waals surface area contributed by atoms with Gasteiger partial charge in [-0.05, 0) is 31.0 Å². The van der Waals surface area contributed by atoms with Crippen molar-refractivity contribution in [2.24, 2.45) is 0 Å². The van der Waals surface area contributed by atoms with Gasteiger partial charge in [-0.3, -0.25) is 9.78 Å². The number of amides is 1. The molecule has 1 aliphatic heterocycles. The maximum absolute atomic E-state index is 12.3. The number of anilines is 1. The predicted molar refractivity (Wildman–Crippen MR) is 90.7 cm³/mol. The first-order valence-corrected chi connectivity index (χ1v) is 8.06. The molecule has 0 bridgehead atoms. The molecule has 1 aromatic heterocycles. The first-order valence-electron chi connectivity index (χ1n) is 7.69. The number of hydrogen-bond donors (Lipinski definition) is 1. The summed E-state index contributed by atoms with van der Waals surface area (Å²) in [4.78, 5) is 22.1. The van der Waals surface area contributed by atoms with E-state index in [-0.39, 0.29) is 11.9 Å². The number of halogens is 1. The molecule has 0 aliphatic carbocycles. The zero-order chi connectivity index (χ0) is 16.9. The second kappa shape index (κ2) is 7.28. The van der Waals surface area contributed by atoms with Crippen molar-refractivity contribution in [1.82, 2.24) is 14.9 Å². The van der Waals surface area contributed by atoms with Crippen LogP contribution in [0.1, 0.15) is 28.9 Å². The van der Waals surface area contributed by atoms with Crippen molar-refractivity contribution in [3.8, 4) is 6.07 Å². The normalized spacial score (nSPS) is 14.9. The molecule has 2 heterocycles. The van der Waals surface area contributed by atoms with E-state index in [4.69, 9.17) is 16.9 Å². The Bertz CT molecular complexity index is 766. The molecule has 0 spiro atoms. The van der Waals surface area contributed by atoms with Gasteiger partial charge in [-0.1, -0.05) is 11.6 Å². The number of carbonyl (C=O) groups is 1. The third kappa shape index (κ3) is 3.63. The van der Waals surface area contributed by atoms with Crippen molar-refractivity contribution >= 4 is 23.2 Å². The van der Waals surface area contributed by atoms with Crippen molar-refractivity contribution in [3.63, 3.8) is 0 Å². The van der Waals surface area contributed by atoms with Gasteiger partial charge in [0.15, 0.2) is 0 Å². The Morgan fingerprint density at radius 3 is 2.75 bits per heavy atom. The molecule has 1 aromatic carbocycles. The maximum atomic E-state index is 12.3. The summed E-state index contributed by atoms with van der Waals surface area (Å²) < 4.78 is 0. The van der Waals surface area contributed by atoms with Crippen molar-refractivity contribution < 1.29 is 4.79 Å². The lowest BCUT2D eigenvalue weighted by Gasteiger charge is -2.32. The van der Waals surface area contributed by atoms with E-state index in [0.717, 1.165) is 18.5 Å². The van der Waals surface area contributed by atoms with E-state index in [1.165, 1.54) is 12.4 Å². The van der Waals surface area contributed by atoms with Gasteiger partial charge in [-0.2, -0.15) is 5.26 Å². The number of hydrogen-bond acceptors (Lipinski definition) is 5. The second-order valence-electron chi connectivity index (χ2n) is 5.61. The Morgan fingerprint density at radius 2 is 2.12 bits per heavy atom. The zero-order valence-corrected chi connectivity index (χ0v) is 13.7. The van der Waals surface area contributed by atoms with E-state index in [1.54, 1.807) is 23.2 Å². The number of nitrogens with zero attached hydrogens (tertiary/aromatic N) is 4. The van der Waals surface area contributed by atoms with Gasteiger partial charge >= 0.3 is 0 Å². The van der Waals surface area contributed by atoms with Crippen molar-refractivity contribution in [2.75, 3.05) is 18.4 Å². The Morgan fingerprint density at radius 1 is 1.33 bits per heavy atom. The van der Waals surface area contributed by atoms with Crippen LogP contribution in [-0.2, 0) is 0 Å². The van der Waals surface area contributed by atoms with Gasteiger partial charge in [0.1, 0.15) is 11.8 Å². The Balaban J connectivity index is 1.57. The smallest absolute Gasteiger partial charge is 0.274 e. The molecule has 1 amide bonds. The summed E-state index contributed by atoms with van der Waals surface area (Å²) in [6, 6.07) is 7.62. The van der Waals surface area contributed by atoms with Gasteiger partial charge in [0, 0.05) is 37.2 Å². The summed E-state index contributed by atoms with van der Waals surface area (Å²) in [6.45, 7) is 1.33. The van der Waals surface area contributed by atoms with Crippen LogP contribution in [0.5, 0.6) is 0 Å². The summed E-state index contributed by atoms with van der Waals surface area (Å²) in [5.41, 5.74) is 1.73. The van der Waals surface area contributed by atoms with Crippen molar-refractivity contribution in [2.45, 2.75) is 18.9 Å². The highest BCUT2D eigenvalue weighted by Gasteiger charge is 2.24.